The molecular weight excluding hydrogens is 172 g/mol. The van der Waals surface area contributed by atoms with E-state index in [4.69, 9.17) is 5.11 Å². The zero-order chi connectivity index (χ0) is 10.3. The van der Waals surface area contributed by atoms with Gasteiger partial charge in [-0.2, -0.15) is 0 Å². The summed E-state index contributed by atoms with van der Waals surface area (Å²) >= 11 is 0. The van der Waals surface area contributed by atoms with Crippen molar-refractivity contribution in [2.24, 2.45) is 0 Å². The molecule has 0 atom stereocenters. The molecule has 0 aromatic heterocycles. The Hall–Kier alpha value is -1.78. The van der Waals surface area contributed by atoms with E-state index in [0.29, 0.717) is 0 Å². The molecule has 0 aromatic carbocycles. The van der Waals surface area contributed by atoms with E-state index in [-0.39, 0.29) is 18.7 Å². The van der Waals surface area contributed by atoms with Crippen LogP contribution in [0.15, 0.2) is 25.1 Å². The Morgan fingerprint density at radius 2 is 2.08 bits per heavy atom. The number of nitrogens with one attached hydrogen (secondary N) is 2. The summed E-state index contributed by atoms with van der Waals surface area (Å²) < 4.78 is 0. The molecule has 0 radical (unpaired) electrons. The van der Waals surface area contributed by atoms with Crippen LogP contribution in [0, 0.1) is 0 Å². The highest BCUT2D eigenvalue weighted by Crippen LogP contribution is 1.84. The van der Waals surface area contributed by atoms with Gasteiger partial charge in [0.1, 0.15) is 0 Å². The Bertz CT molecular complexity index is 236. The lowest BCUT2D eigenvalue weighted by Crippen LogP contribution is -2.30. The van der Waals surface area contributed by atoms with E-state index in [1.807, 2.05) is 0 Å². The minimum atomic E-state index is -0.956. The highest BCUT2D eigenvalue weighted by molar-refractivity contribution is 5.92. The van der Waals surface area contributed by atoms with E-state index in [1.54, 1.807) is 0 Å². The van der Waals surface area contributed by atoms with E-state index in [0.717, 1.165) is 0 Å². The minimum Gasteiger partial charge on any atom is -0.481 e. The fourth-order valence-electron chi connectivity index (χ4n) is 0.578. The van der Waals surface area contributed by atoms with E-state index in [1.165, 1.54) is 6.20 Å². The average molecular weight is 184 g/mol. The predicted octanol–water partition coefficient (Wildman–Crippen LogP) is -0.176. The maximum Gasteiger partial charge on any atom is 0.305 e. The van der Waals surface area contributed by atoms with E-state index in [9.17, 15) is 9.59 Å². The summed E-state index contributed by atoms with van der Waals surface area (Å²) in [6, 6.07) is 0. The molecule has 0 unspecified atom stereocenters. The van der Waals surface area contributed by atoms with Crippen LogP contribution in [0.25, 0.3) is 0 Å². The predicted molar refractivity (Wildman–Crippen MR) is 47.7 cm³/mol. The summed E-state index contributed by atoms with van der Waals surface area (Å²) in [5.74, 6) is -1.39. The molecule has 0 fully saturated rings. The van der Waals surface area contributed by atoms with Crippen LogP contribution >= 0.6 is 0 Å². The van der Waals surface area contributed by atoms with Crippen molar-refractivity contribution in [3.05, 3.63) is 25.1 Å². The third-order valence-corrected chi connectivity index (χ3v) is 1.17. The highest BCUT2D eigenvalue weighted by Gasteiger charge is 2.04. The van der Waals surface area contributed by atoms with Crippen molar-refractivity contribution in [1.29, 1.82) is 0 Å². The normalized spacial score (nSPS) is 8.62. The van der Waals surface area contributed by atoms with E-state index in [2.05, 4.69) is 23.8 Å². The number of carbonyl (C=O) groups excluding carboxylic acids is 1. The summed E-state index contributed by atoms with van der Waals surface area (Å²) in [4.78, 5) is 21.1. The fourth-order valence-corrected chi connectivity index (χ4v) is 0.578. The van der Waals surface area contributed by atoms with Crippen molar-refractivity contribution in [2.75, 3.05) is 6.54 Å². The van der Waals surface area contributed by atoms with Crippen LogP contribution in [-0.4, -0.2) is 23.5 Å². The standard InChI is InChI=1S/C8H12N2O3/c1-3-9-6(2)8(13)10-5-4-7(11)12/h3,9H,1-2,4-5H2,(H,10,13)(H,11,12). The smallest absolute Gasteiger partial charge is 0.305 e. The lowest BCUT2D eigenvalue weighted by atomic mass is 10.4. The monoisotopic (exact) mass is 184 g/mol. The number of carboxylic acids is 1. The van der Waals surface area contributed by atoms with Crippen LogP contribution in [-0.2, 0) is 9.59 Å². The maximum absolute atomic E-state index is 11.0. The molecule has 3 N–H and O–H groups in total. The molecule has 0 heterocycles. The van der Waals surface area contributed by atoms with E-state index < -0.39 is 11.9 Å². The van der Waals surface area contributed by atoms with Gasteiger partial charge in [0.05, 0.1) is 12.1 Å². The van der Waals surface area contributed by atoms with Crippen molar-refractivity contribution in [1.82, 2.24) is 10.6 Å². The average Bonchev–Trinajstić information content (AvgIpc) is 2.04. The SMILES string of the molecule is C=CNC(=C)C(=O)NCCC(=O)O. The third-order valence-electron chi connectivity index (χ3n) is 1.17. The lowest BCUT2D eigenvalue weighted by Gasteiger charge is -2.05. The van der Waals surface area contributed by atoms with Gasteiger partial charge in [0, 0.05) is 6.54 Å². The second-order valence-corrected chi connectivity index (χ2v) is 2.23. The van der Waals surface area contributed by atoms with Gasteiger partial charge in [-0.1, -0.05) is 13.2 Å². The first-order valence-electron chi connectivity index (χ1n) is 3.64. The minimum absolute atomic E-state index is 0.0893. The molecule has 1 amide bonds. The number of aliphatic carboxylic acids is 1. The third kappa shape index (κ3) is 5.49. The maximum atomic E-state index is 11.0. The van der Waals surface area contributed by atoms with Gasteiger partial charge in [-0.15, -0.1) is 0 Å². The van der Waals surface area contributed by atoms with Gasteiger partial charge in [0.15, 0.2) is 0 Å². The molecule has 5 heteroatoms. The summed E-state index contributed by atoms with van der Waals surface area (Å²) in [5.41, 5.74) is 0.139. The second kappa shape index (κ2) is 5.82. The van der Waals surface area contributed by atoms with Crippen molar-refractivity contribution >= 4 is 11.9 Å². The van der Waals surface area contributed by atoms with Crippen LogP contribution in [0.3, 0.4) is 0 Å². The van der Waals surface area contributed by atoms with Crippen LogP contribution in [0.1, 0.15) is 6.42 Å². The van der Waals surface area contributed by atoms with E-state index >= 15 is 0 Å². The van der Waals surface area contributed by atoms with Crippen LogP contribution in [0.2, 0.25) is 0 Å². The van der Waals surface area contributed by atoms with Gasteiger partial charge in [0.2, 0.25) is 0 Å². The quantitative estimate of drug-likeness (QED) is 0.500. The molecule has 0 spiro atoms. The zero-order valence-corrected chi connectivity index (χ0v) is 7.17. The molecule has 72 valence electrons. The molecule has 0 aliphatic heterocycles. The second-order valence-electron chi connectivity index (χ2n) is 2.23. The Labute approximate surface area is 76.1 Å². The number of hydrogen-bond donors (Lipinski definition) is 3. The van der Waals surface area contributed by atoms with Crippen LogP contribution < -0.4 is 10.6 Å². The molecule has 0 rings (SSSR count). The summed E-state index contributed by atoms with van der Waals surface area (Å²) in [6.07, 6.45) is 1.21. The molecular formula is C8H12N2O3. The molecule has 0 saturated carbocycles. The summed E-state index contributed by atoms with van der Waals surface area (Å²) in [7, 11) is 0. The van der Waals surface area contributed by atoms with Gasteiger partial charge >= 0.3 is 5.97 Å². The van der Waals surface area contributed by atoms with Crippen LogP contribution in [0.5, 0.6) is 0 Å². The van der Waals surface area contributed by atoms with Crippen molar-refractivity contribution < 1.29 is 14.7 Å². The molecule has 0 saturated heterocycles. The number of hydrogen-bond acceptors (Lipinski definition) is 3. The van der Waals surface area contributed by atoms with Crippen molar-refractivity contribution in [3.8, 4) is 0 Å². The molecule has 0 aliphatic rings. The Morgan fingerprint density at radius 1 is 1.46 bits per heavy atom. The van der Waals surface area contributed by atoms with Gasteiger partial charge in [-0.25, -0.2) is 0 Å². The molecule has 0 bridgehead atoms. The largest absolute Gasteiger partial charge is 0.481 e. The molecule has 0 aliphatic carbocycles. The topological polar surface area (TPSA) is 78.4 Å². The zero-order valence-electron chi connectivity index (χ0n) is 7.17. The van der Waals surface area contributed by atoms with Crippen molar-refractivity contribution in [3.63, 3.8) is 0 Å². The Balaban J connectivity index is 3.68. The summed E-state index contributed by atoms with van der Waals surface area (Å²) in [6.45, 7) is 6.84. The first-order valence-corrected chi connectivity index (χ1v) is 3.64. The molecule has 5 nitrogen and oxygen atoms in total. The van der Waals surface area contributed by atoms with Gasteiger partial charge in [-0.05, 0) is 6.20 Å². The first kappa shape index (κ1) is 11.2. The number of rotatable bonds is 6. The van der Waals surface area contributed by atoms with Gasteiger partial charge < -0.3 is 15.7 Å². The fraction of sp³-hybridized carbons (Fsp3) is 0.250. The van der Waals surface area contributed by atoms with Crippen LogP contribution in [0.4, 0.5) is 0 Å². The first-order chi connectivity index (χ1) is 6.07. The number of carbonyl (C=O) groups is 2. The number of carboxylic acid groups (broad SMARTS) is 1. The number of amides is 1. The van der Waals surface area contributed by atoms with Gasteiger partial charge in [0.25, 0.3) is 5.91 Å². The van der Waals surface area contributed by atoms with Gasteiger partial charge in [-0.3, -0.25) is 9.59 Å². The Kier molecular flexibility index (Phi) is 5.02. The summed E-state index contributed by atoms with van der Waals surface area (Å²) in [5, 5.41) is 13.1. The van der Waals surface area contributed by atoms with Crippen molar-refractivity contribution in [2.45, 2.75) is 6.42 Å². The highest BCUT2D eigenvalue weighted by atomic mass is 16.4. The molecule has 0 aromatic rings. The lowest BCUT2D eigenvalue weighted by molar-refractivity contribution is -0.136. The molecule has 13 heavy (non-hydrogen) atoms. The Morgan fingerprint density at radius 3 is 2.54 bits per heavy atom.